The second-order valence-corrected chi connectivity index (χ2v) is 5.24. The third-order valence-corrected chi connectivity index (χ3v) is 3.47. The summed E-state index contributed by atoms with van der Waals surface area (Å²) in [5, 5.41) is 0.998. The molecule has 0 saturated heterocycles. The van der Waals surface area contributed by atoms with Gasteiger partial charge < -0.3 is 5.73 Å². The van der Waals surface area contributed by atoms with Gasteiger partial charge >= 0.3 is 0 Å². The topological polar surface area (TPSA) is 38.9 Å². The molecule has 0 bridgehead atoms. The van der Waals surface area contributed by atoms with E-state index in [2.05, 4.69) is 30.1 Å². The minimum Gasteiger partial charge on any atom is -0.320 e. The molecular formula is C11H14N2S. The minimum absolute atomic E-state index is 0.336. The first kappa shape index (κ1) is 9.62. The van der Waals surface area contributed by atoms with E-state index < -0.39 is 0 Å². The first-order valence-corrected chi connectivity index (χ1v) is 5.45. The van der Waals surface area contributed by atoms with E-state index in [0.29, 0.717) is 0 Å². The van der Waals surface area contributed by atoms with Crippen LogP contribution < -0.4 is 5.73 Å². The lowest BCUT2D eigenvalue weighted by Crippen LogP contribution is -2.28. The number of benzene rings is 1. The fraction of sp³-hybridized carbons (Fsp3) is 0.364. The number of hydrogen-bond donors (Lipinski definition) is 1. The van der Waals surface area contributed by atoms with Crippen LogP contribution in [0.3, 0.4) is 0 Å². The molecule has 0 amide bonds. The number of rotatable bonds is 1. The van der Waals surface area contributed by atoms with Gasteiger partial charge in [0.05, 0.1) is 15.8 Å². The van der Waals surface area contributed by atoms with Crippen molar-refractivity contribution in [1.29, 1.82) is 0 Å². The monoisotopic (exact) mass is 206 g/mol. The number of aromatic nitrogens is 1. The quantitative estimate of drug-likeness (QED) is 0.779. The van der Waals surface area contributed by atoms with Crippen LogP contribution in [0.2, 0.25) is 0 Å². The summed E-state index contributed by atoms with van der Waals surface area (Å²) in [7, 11) is 0. The zero-order chi connectivity index (χ0) is 10.3. The summed E-state index contributed by atoms with van der Waals surface area (Å²) in [5.41, 5.74) is 7.97. The average molecular weight is 206 g/mol. The Morgan fingerprint density at radius 1 is 1.36 bits per heavy atom. The van der Waals surface area contributed by atoms with E-state index >= 15 is 0 Å². The van der Waals surface area contributed by atoms with E-state index in [9.17, 15) is 0 Å². The molecule has 1 heterocycles. The van der Waals surface area contributed by atoms with Gasteiger partial charge in [0.1, 0.15) is 5.01 Å². The van der Waals surface area contributed by atoms with E-state index in [-0.39, 0.29) is 5.54 Å². The maximum Gasteiger partial charge on any atom is 0.113 e. The van der Waals surface area contributed by atoms with Gasteiger partial charge in [0, 0.05) is 0 Å². The van der Waals surface area contributed by atoms with Crippen LogP contribution in [-0.2, 0) is 5.54 Å². The molecule has 2 aromatic rings. The highest BCUT2D eigenvalue weighted by Crippen LogP contribution is 2.28. The van der Waals surface area contributed by atoms with Gasteiger partial charge in [-0.1, -0.05) is 6.07 Å². The summed E-state index contributed by atoms with van der Waals surface area (Å²) in [6, 6.07) is 6.31. The molecule has 0 unspecified atom stereocenters. The third kappa shape index (κ3) is 1.65. The molecule has 0 aliphatic heterocycles. The van der Waals surface area contributed by atoms with Crippen LogP contribution in [0.25, 0.3) is 10.2 Å². The number of nitrogens with two attached hydrogens (primary N) is 1. The Balaban J connectivity index is 2.63. The van der Waals surface area contributed by atoms with Crippen molar-refractivity contribution >= 4 is 21.6 Å². The summed E-state index contributed by atoms with van der Waals surface area (Å²) in [5.74, 6) is 0. The number of nitrogens with zero attached hydrogens (tertiary/aromatic N) is 1. The fourth-order valence-electron chi connectivity index (χ4n) is 1.31. The molecule has 2 N–H and O–H groups in total. The molecule has 0 saturated carbocycles. The Kier molecular flexibility index (Phi) is 2.09. The highest BCUT2D eigenvalue weighted by molar-refractivity contribution is 7.18. The van der Waals surface area contributed by atoms with Gasteiger partial charge in [-0.3, -0.25) is 0 Å². The predicted octanol–water partition coefficient (Wildman–Crippen LogP) is 2.80. The number of hydrogen-bond acceptors (Lipinski definition) is 3. The normalized spacial score (nSPS) is 12.3. The SMILES string of the molecule is Cc1ccc2sc(C(C)(C)N)nc2c1. The Morgan fingerprint density at radius 2 is 2.07 bits per heavy atom. The summed E-state index contributed by atoms with van der Waals surface area (Å²) < 4.78 is 1.21. The smallest absolute Gasteiger partial charge is 0.113 e. The summed E-state index contributed by atoms with van der Waals surface area (Å²) in [6.07, 6.45) is 0. The molecule has 0 radical (unpaired) electrons. The van der Waals surface area contributed by atoms with E-state index in [0.717, 1.165) is 10.5 Å². The summed E-state index contributed by atoms with van der Waals surface area (Å²) in [4.78, 5) is 4.54. The van der Waals surface area contributed by atoms with Gasteiger partial charge in [0.2, 0.25) is 0 Å². The van der Waals surface area contributed by atoms with Crippen LogP contribution in [0, 0.1) is 6.92 Å². The fourth-order valence-corrected chi connectivity index (χ4v) is 2.27. The summed E-state index contributed by atoms with van der Waals surface area (Å²) >= 11 is 1.68. The molecule has 0 aliphatic rings. The van der Waals surface area contributed by atoms with Crippen LogP contribution in [0.5, 0.6) is 0 Å². The van der Waals surface area contributed by atoms with E-state index in [1.165, 1.54) is 10.3 Å². The Bertz CT molecular complexity index is 466. The maximum absolute atomic E-state index is 6.01. The van der Waals surface area contributed by atoms with Crippen molar-refractivity contribution in [3.63, 3.8) is 0 Å². The molecule has 0 spiro atoms. The van der Waals surface area contributed by atoms with Gasteiger partial charge in [-0.15, -0.1) is 11.3 Å². The lowest BCUT2D eigenvalue weighted by Gasteiger charge is -2.13. The van der Waals surface area contributed by atoms with Crippen molar-refractivity contribution in [1.82, 2.24) is 4.98 Å². The van der Waals surface area contributed by atoms with Crippen LogP contribution >= 0.6 is 11.3 Å². The lowest BCUT2D eigenvalue weighted by molar-refractivity contribution is 0.551. The molecule has 2 nitrogen and oxygen atoms in total. The minimum atomic E-state index is -0.336. The average Bonchev–Trinajstić information content (AvgIpc) is 2.45. The molecule has 14 heavy (non-hydrogen) atoms. The molecule has 74 valence electrons. The Hall–Kier alpha value is -0.930. The first-order valence-electron chi connectivity index (χ1n) is 4.63. The van der Waals surface area contributed by atoms with E-state index in [1.807, 2.05) is 13.8 Å². The van der Waals surface area contributed by atoms with Crippen LogP contribution in [0.1, 0.15) is 24.4 Å². The zero-order valence-corrected chi connectivity index (χ0v) is 9.48. The van der Waals surface area contributed by atoms with Gasteiger partial charge in [0.25, 0.3) is 0 Å². The van der Waals surface area contributed by atoms with Crippen molar-refractivity contribution in [3.8, 4) is 0 Å². The second-order valence-electron chi connectivity index (χ2n) is 4.21. The largest absolute Gasteiger partial charge is 0.320 e. The number of fused-ring (bicyclic) bond motifs is 1. The van der Waals surface area contributed by atoms with Crippen molar-refractivity contribution in [3.05, 3.63) is 28.8 Å². The van der Waals surface area contributed by atoms with Crippen LogP contribution in [0.4, 0.5) is 0 Å². The molecule has 0 fully saturated rings. The van der Waals surface area contributed by atoms with Crippen molar-refractivity contribution in [2.24, 2.45) is 5.73 Å². The molecule has 1 aromatic heterocycles. The summed E-state index contributed by atoms with van der Waals surface area (Å²) in [6.45, 7) is 6.04. The maximum atomic E-state index is 6.01. The van der Waals surface area contributed by atoms with Crippen molar-refractivity contribution < 1.29 is 0 Å². The van der Waals surface area contributed by atoms with E-state index in [1.54, 1.807) is 11.3 Å². The standard InChI is InChI=1S/C11H14N2S/c1-7-4-5-9-8(6-7)13-10(14-9)11(2,3)12/h4-6H,12H2,1-3H3. The molecule has 1 aromatic carbocycles. The van der Waals surface area contributed by atoms with Gasteiger partial charge in [-0.2, -0.15) is 0 Å². The van der Waals surface area contributed by atoms with Gasteiger partial charge in [0.15, 0.2) is 0 Å². The lowest BCUT2D eigenvalue weighted by atomic mass is 10.1. The predicted molar refractivity (Wildman–Crippen MR) is 61.6 cm³/mol. The van der Waals surface area contributed by atoms with Crippen LogP contribution in [-0.4, -0.2) is 4.98 Å². The third-order valence-electron chi connectivity index (χ3n) is 2.09. The van der Waals surface area contributed by atoms with Crippen molar-refractivity contribution in [2.45, 2.75) is 26.3 Å². The highest BCUT2D eigenvalue weighted by Gasteiger charge is 2.18. The van der Waals surface area contributed by atoms with Crippen molar-refractivity contribution in [2.75, 3.05) is 0 Å². The molecular weight excluding hydrogens is 192 g/mol. The highest BCUT2D eigenvalue weighted by atomic mass is 32.1. The molecule has 3 heteroatoms. The Morgan fingerprint density at radius 3 is 2.71 bits per heavy atom. The van der Waals surface area contributed by atoms with Crippen LogP contribution in [0.15, 0.2) is 18.2 Å². The second kappa shape index (κ2) is 3.04. The van der Waals surface area contributed by atoms with Gasteiger partial charge in [-0.05, 0) is 38.5 Å². The molecule has 0 atom stereocenters. The molecule has 0 aliphatic carbocycles. The van der Waals surface area contributed by atoms with Gasteiger partial charge in [-0.25, -0.2) is 4.98 Å². The number of thiazole rings is 1. The molecule has 2 rings (SSSR count). The zero-order valence-electron chi connectivity index (χ0n) is 8.66. The van der Waals surface area contributed by atoms with E-state index in [4.69, 9.17) is 5.73 Å². The number of aryl methyl sites for hydroxylation is 1. The Labute approximate surface area is 87.8 Å². The first-order chi connectivity index (χ1) is 6.47.